The van der Waals surface area contributed by atoms with Crippen molar-refractivity contribution in [2.45, 2.75) is 24.7 Å². The average molecular weight is 385 g/mol. The Labute approximate surface area is 157 Å². The molecule has 2 aromatic carbocycles. The Hall–Kier alpha value is -3.13. The van der Waals surface area contributed by atoms with E-state index >= 15 is 0 Å². The van der Waals surface area contributed by atoms with Crippen LogP contribution < -0.4 is 4.72 Å². The van der Waals surface area contributed by atoms with Crippen molar-refractivity contribution in [2.75, 3.05) is 4.72 Å². The molecule has 3 aromatic rings. The SMILES string of the molecule is Cc1cn(-c2ccccc2)nc1NS(=O)(=O)c1ccc(CCC(=O)O)cc1. The molecular weight excluding hydrogens is 366 g/mol. The van der Waals surface area contributed by atoms with Gasteiger partial charge < -0.3 is 5.11 Å². The molecule has 1 heterocycles. The molecule has 0 unspecified atom stereocenters. The standard InChI is InChI=1S/C19H19N3O4S/c1-14-13-22(16-5-3-2-4-6-16)20-19(14)21-27(25,26)17-10-7-15(8-11-17)9-12-18(23)24/h2-8,10-11,13H,9,12H2,1H3,(H,20,21)(H,23,24). The number of hydrogen-bond donors (Lipinski definition) is 2. The largest absolute Gasteiger partial charge is 0.481 e. The number of carbonyl (C=O) groups is 1. The lowest BCUT2D eigenvalue weighted by Gasteiger charge is -2.07. The molecule has 0 bridgehead atoms. The van der Waals surface area contributed by atoms with Gasteiger partial charge in [0, 0.05) is 18.2 Å². The maximum atomic E-state index is 12.6. The molecule has 27 heavy (non-hydrogen) atoms. The predicted octanol–water partition coefficient (Wildman–Crippen LogP) is 3.00. The van der Waals surface area contributed by atoms with E-state index in [0.29, 0.717) is 12.0 Å². The lowest BCUT2D eigenvalue weighted by atomic mass is 10.1. The molecule has 0 aliphatic heterocycles. The summed E-state index contributed by atoms with van der Waals surface area (Å²) in [6.07, 6.45) is 2.10. The fraction of sp³-hybridized carbons (Fsp3) is 0.158. The summed E-state index contributed by atoms with van der Waals surface area (Å²) >= 11 is 0. The fourth-order valence-corrected chi connectivity index (χ4v) is 3.62. The van der Waals surface area contributed by atoms with Gasteiger partial charge >= 0.3 is 5.97 Å². The van der Waals surface area contributed by atoms with Gasteiger partial charge in [-0.05, 0) is 43.2 Å². The van der Waals surface area contributed by atoms with Crippen LogP contribution in [0.1, 0.15) is 17.5 Å². The number of nitrogens with zero attached hydrogens (tertiary/aromatic N) is 2. The van der Waals surface area contributed by atoms with Gasteiger partial charge in [0.25, 0.3) is 10.0 Å². The zero-order chi connectivity index (χ0) is 19.4. The summed E-state index contributed by atoms with van der Waals surface area (Å²) in [6.45, 7) is 1.78. The minimum absolute atomic E-state index is 0.000459. The first-order valence-corrected chi connectivity index (χ1v) is 9.79. The average Bonchev–Trinajstić information content (AvgIpc) is 3.01. The van der Waals surface area contributed by atoms with Crippen LogP contribution in [0.3, 0.4) is 0 Å². The van der Waals surface area contributed by atoms with E-state index in [0.717, 1.165) is 11.3 Å². The zero-order valence-corrected chi connectivity index (χ0v) is 15.5. The molecule has 0 radical (unpaired) electrons. The zero-order valence-electron chi connectivity index (χ0n) is 14.7. The predicted molar refractivity (Wildman–Crippen MR) is 102 cm³/mol. The number of para-hydroxylation sites is 1. The van der Waals surface area contributed by atoms with Crippen molar-refractivity contribution in [2.24, 2.45) is 0 Å². The smallest absolute Gasteiger partial charge is 0.303 e. The van der Waals surface area contributed by atoms with E-state index < -0.39 is 16.0 Å². The van der Waals surface area contributed by atoms with E-state index in [1.54, 1.807) is 29.9 Å². The molecule has 0 aliphatic carbocycles. The Morgan fingerprint density at radius 3 is 2.41 bits per heavy atom. The normalized spacial score (nSPS) is 11.3. The second kappa shape index (κ2) is 7.63. The molecule has 0 spiro atoms. The maximum Gasteiger partial charge on any atom is 0.303 e. The van der Waals surface area contributed by atoms with Gasteiger partial charge in [0.2, 0.25) is 0 Å². The molecule has 0 atom stereocenters. The van der Waals surface area contributed by atoms with Gasteiger partial charge in [-0.3, -0.25) is 9.52 Å². The van der Waals surface area contributed by atoms with E-state index in [4.69, 9.17) is 5.11 Å². The van der Waals surface area contributed by atoms with Crippen LogP contribution >= 0.6 is 0 Å². The molecular formula is C19H19N3O4S. The Balaban J connectivity index is 1.78. The van der Waals surface area contributed by atoms with Gasteiger partial charge in [-0.1, -0.05) is 30.3 Å². The van der Waals surface area contributed by atoms with Gasteiger partial charge in [-0.25, -0.2) is 13.1 Å². The first kappa shape index (κ1) is 18.7. The van der Waals surface area contributed by atoms with Crippen LogP contribution in [0, 0.1) is 6.92 Å². The van der Waals surface area contributed by atoms with Crippen LogP contribution in [0.25, 0.3) is 5.69 Å². The minimum atomic E-state index is -3.79. The Morgan fingerprint density at radius 1 is 1.11 bits per heavy atom. The number of sulfonamides is 1. The second-order valence-electron chi connectivity index (χ2n) is 6.08. The highest BCUT2D eigenvalue weighted by atomic mass is 32.2. The molecule has 3 rings (SSSR count). The molecule has 0 saturated heterocycles. The fourth-order valence-electron chi connectivity index (χ4n) is 2.55. The van der Waals surface area contributed by atoms with Crippen molar-refractivity contribution in [1.29, 1.82) is 0 Å². The van der Waals surface area contributed by atoms with Crippen molar-refractivity contribution in [3.63, 3.8) is 0 Å². The number of anilines is 1. The van der Waals surface area contributed by atoms with Crippen LogP contribution in [-0.2, 0) is 21.2 Å². The number of aromatic nitrogens is 2. The monoisotopic (exact) mass is 385 g/mol. The van der Waals surface area contributed by atoms with Crippen molar-refractivity contribution in [3.05, 3.63) is 71.9 Å². The number of carboxylic acids is 1. The summed E-state index contributed by atoms with van der Waals surface area (Å²) in [6, 6.07) is 15.6. The third-order valence-electron chi connectivity index (χ3n) is 4.01. The maximum absolute atomic E-state index is 12.6. The quantitative estimate of drug-likeness (QED) is 0.651. The number of benzene rings is 2. The van der Waals surface area contributed by atoms with E-state index in [9.17, 15) is 13.2 Å². The number of aryl methyl sites for hydroxylation is 2. The molecule has 140 valence electrons. The first-order chi connectivity index (χ1) is 12.8. The summed E-state index contributed by atoms with van der Waals surface area (Å²) in [5.74, 6) is -0.633. The number of carboxylic acid groups (broad SMARTS) is 1. The van der Waals surface area contributed by atoms with Crippen LogP contribution in [0.2, 0.25) is 0 Å². The summed E-state index contributed by atoms with van der Waals surface area (Å²) in [5, 5.41) is 13.0. The molecule has 0 fully saturated rings. The molecule has 7 nitrogen and oxygen atoms in total. The minimum Gasteiger partial charge on any atom is -0.481 e. The topological polar surface area (TPSA) is 101 Å². The number of hydrogen-bond acceptors (Lipinski definition) is 4. The summed E-state index contributed by atoms with van der Waals surface area (Å²) < 4.78 is 29.4. The van der Waals surface area contributed by atoms with Crippen molar-refractivity contribution in [3.8, 4) is 5.69 Å². The molecule has 2 N–H and O–H groups in total. The molecule has 1 aromatic heterocycles. The molecule has 0 amide bonds. The number of nitrogens with one attached hydrogen (secondary N) is 1. The summed E-state index contributed by atoms with van der Waals surface area (Å²) in [5.41, 5.74) is 2.29. The summed E-state index contributed by atoms with van der Waals surface area (Å²) in [7, 11) is -3.79. The number of aliphatic carboxylic acids is 1. The Kier molecular flexibility index (Phi) is 5.27. The molecule has 0 saturated carbocycles. The van der Waals surface area contributed by atoms with Gasteiger partial charge in [-0.15, -0.1) is 5.10 Å². The second-order valence-corrected chi connectivity index (χ2v) is 7.77. The van der Waals surface area contributed by atoms with Crippen LogP contribution in [-0.4, -0.2) is 29.3 Å². The van der Waals surface area contributed by atoms with Crippen LogP contribution in [0.5, 0.6) is 0 Å². The summed E-state index contributed by atoms with van der Waals surface area (Å²) in [4.78, 5) is 10.7. The third-order valence-corrected chi connectivity index (χ3v) is 5.37. The van der Waals surface area contributed by atoms with Gasteiger partial charge in [0.15, 0.2) is 5.82 Å². The third kappa shape index (κ3) is 4.53. The van der Waals surface area contributed by atoms with Crippen LogP contribution in [0.15, 0.2) is 65.7 Å². The van der Waals surface area contributed by atoms with E-state index in [1.165, 1.54) is 12.1 Å². The lowest BCUT2D eigenvalue weighted by molar-refractivity contribution is -0.136. The van der Waals surface area contributed by atoms with Crippen LogP contribution in [0.4, 0.5) is 5.82 Å². The van der Waals surface area contributed by atoms with Gasteiger partial charge in [0.1, 0.15) is 0 Å². The molecule has 0 aliphatic rings. The van der Waals surface area contributed by atoms with Gasteiger partial charge in [0.05, 0.1) is 10.6 Å². The van der Waals surface area contributed by atoms with Crippen molar-refractivity contribution in [1.82, 2.24) is 9.78 Å². The molecule has 8 heteroatoms. The van der Waals surface area contributed by atoms with Gasteiger partial charge in [-0.2, -0.15) is 0 Å². The first-order valence-electron chi connectivity index (χ1n) is 8.30. The van der Waals surface area contributed by atoms with Crippen molar-refractivity contribution < 1.29 is 18.3 Å². The van der Waals surface area contributed by atoms with E-state index in [2.05, 4.69) is 9.82 Å². The highest BCUT2D eigenvalue weighted by Crippen LogP contribution is 2.20. The Morgan fingerprint density at radius 2 is 1.78 bits per heavy atom. The number of rotatable bonds is 7. The highest BCUT2D eigenvalue weighted by molar-refractivity contribution is 7.92. The Bertz CT molecular complexity index is 1040. The highest BCUT2D eigenvalue weighted by Gasteiger charge is 2.18. The van der Waals surface area contributed by atoms with Crippen molar-refractivity contribution >= 4 is 21.8 Å². The van der Waals surface area contributed by atoms with E-state index in [-0.39, 0.29) is 17.1 Å². The van der Waals surface area contributed by atoms with E-state index in [1.807, 2.05) is 30.3 Å². The lowest BCUT2D eigenvalue weighted by Crippen LogP contribution is -2.14.